The first-order chi connectivity index (χ1) is 10.3. The van der Waals surface area contributed by atoms with Crippen molar-refractivity contribution in [3.05, 3.63) is 24.0 Å². The van der Waals surface area contributed by atoms with Crippen LogP contribution >= 0.6 is 0 Å². The summed E-state index contributed by atoms with van der Waals surface area (Å²) in [6, 6.07) is 0.123. The second kappa shape index (κ2) is 8.88. The number of unbranched alkanes of at least 4 members (excludes halogenated alkanes) is 1. The molecule has 0 saturated heterocycles. The fraction of sp³-hybridized carbons (Fsp3) is 0.706. The average molecular weight is 292 g/mol. The molecule has 2 N–H and O–H groups in total. The maximum atomic E-state index is 11.8. The van der Waals surface area contributed by atoms with E-state index < -0.39 is 0 Å². The van der Waals surface area contributed by atoms with Crippen molar-refractivity contribution in [1.29, 1.82) is 0 Å². The van der Waals surface area contributed by atoms with Crippen molar-refractivity contribution in [2.75, 3.05) is 13.6 Å². The van der Waals surface area contributed by atoms with E-state index in [1.807, 2.05) is 13.1 Å². The Morgan fingerprint density at radius 3 is 2.81 bits per heavy atom. The Balaban J connectivity index is 1.62. The Labute approximate surface area is 128 Å². The number of allylic oxidation sites excluding steroid dienone is 1. The molecule has 0 heterocycles. The molecule has 0 bridgehead atoms. The summed E-state index contributed by atoms with van der Waals surface area (Å²) < 4.78 is 5.95. The van der Waals surface area contributed by atoms with Crippen molar-refractivity contribution in [1.82, 2.24) is 10.6 Å². The molecule has 1 fully saturated rings. The molecule has 1 saturated carbocycles. The van der Waals surface area contributed by atoms with Crippen LogP contribution in [0.5, 0.6) is 0 Å². The van der Waals surface area contributed by atoms with Gasteiger partial charge in [-0.05, 0) is 70.7 Å². The third-order valence-electron chi connectivity index (χ3n) is 4.10. The first-order valence-corrected chi connectivity index (χ1v) is 8.27. The Morgan fingerprint density at radius 2 is 2.14 bits per heavy atom. The van der Waals surface area contributed by atoms with Crippen LogP contribution in [-0.2, 0) is 9.53 Å². The topological polar surface area (TPSA) is 50.4 Å². The predicted molar refractivity (Wildman–Crippen MR) is 84.9 cm³/mol. The second-order valence-corrected chi connectivity index (χ2v) is 5.96. The summed E-state index contributed by atoms with van der Waals surface area (Å²) in [7, 11) is 1.93. The van der Waals surface area contributed by atoms with Crippen LogP contribution in [0.3, 0.4) is 0 Å². The molecule has 118 valence electrons. The van der Waals surface area contributed by atoms with Crippen LogP contribution in [0.1, 0.15) is 51.4 Å². The zero-order valence-electron chi connectivity index (χ0n) is 13.1. The van der Waals surface area contributed by atoms with Gasteiger partial charge in [0.1, 0.15) is 5.76 Å². The van der Waals surface area contributed by atoms with Crippen LogP contribution in [0.4, 0.5) is 0 Å². The SMILES string of the molecule is CNCCCCC(=O)NC1C=CC(OC2CCCC2)=CC1. The standard InChI is InChI=1S/C17H28N2O2/c1-18-13-5-4-8-17(20)19-14-9-11-16(12-10-14)21-15-6-2-3-7-15/h9,11-12,14-15,18H,2-8,10,13H2,1H3,(H,19,20). The number of rotatable bonds is 8. The minimum atomic E-state index is 0.123. The van der Waals surface area contributed by atoms with Crippen molar-refractivity contribution < 1.29 is 9.53 Å². The van der Waals surface area contributed by atoms with E-state index >= 15 is 0 Å². The molecule has 4 heteroatoms. The van der Waals surface area contributed by atoms with Gasteiger partial charge in [0.25, 0.3) is 0 Å². The lowest BCUT2D eigenvalue weighted by Gasteiger charge is -2.20. The number of amides is 1. The quantitative estimate of drug-likeness (QED) is 0.676. The molecule has 0 aromatic rings. The Morgan fingerprint density at radius 1 is 1.33 bits per heavy atom. The van der Waals surface area contributed by atoms with Gasteiger partial charge < -0.3 is 15.4 Å². The van der Waals surface area contributed by atoms with E-state index in [1.54, 1.807) is 0 Å². The molecule has 2 rings (SSSR count). The molecule has 21 heavy (non-hydrogen) atoms. The number of carbonyl (C=O) groups is 1. The van der Waals surface area contributed by atoms with Crippen LogP contribution in [-0.4, -0.2) is 31.6 Å². The van der Waals surface area contributed by atoms with E-state index in [-0.39, 0.29) is 11.9 Å². The minimum Gasteiger partial charge on any atom is -0.491 e. The Kier molecular flexibility index (Phi) is 6.80. The van der Waals surface area contributed by atoms with Gasteiger partial charge in [-0.1, -0.05) is 6.08 Å². The lowest BCUT2D eigenvalue weighted by molar-refractivity contribution is -0.121. The van der Waals surface area contributed by atoms with Gasteiger partial charge in [0, 0.05) is 6.42 Å². The van der Waals surface area contributed by atoms with Crippen LogP contribution in [0, 0.1) is 0 Å². The minimum absolute atomic E-state index is 0.123. The Hall–Kier alpha value is -1.29. The van der Waals surface area contributed by atoms with Crippen LogP contribution in [0.25, 0.3) is 0 Å². The van der Waals surface area contributed by atoms with E-state index in [4.69, 9.17) is 4.74 Å². The van der Waals surface area contributed by atoms with Crippen molar-refractivity contribution in [2.24, 2.45) is 0 Å². The van der Waals surface area contributed by atoms with Gasteiger partial charge in [0.05, 0.1) is 12.1 Å². The maximum Gasteiger partial charge on any atom is 0.220 e. The van der Waals surface area contributed by atoms with Crippen LogP contribution < -0.4 is 10.6 Å². The molecule has 1 amide bonds. The van der Waals surface area contributed by atoms with Gasteiger partial charge in [0.15, 0.2) is 0 Å². The molecule has 0 spiro atoms. The van der Waals surface area contributed by atoms with E-state index in [0.29, 0.717) is 12.5 Å². The summed E-state index contributed by atoms with van der Waals surface area (Å²) in [6.45, 7) is 0.973. The van der Waals surface area contributed by atoms with E-state index in [2.05, 4.69) is 22.8 Å². The number of hydrogen-bond donors (Lipinski definition) is 2. The molecule has 4 nitrogen and oxygen atoms in total. The largest absolute Gasteiger partial charge is 0.491 e. The molecule has 2 aliphatic carbocycles. The normalized spacial score (nSPS) is 22.1. The average Bonchev–Trinajstić information content (AvgIpc) is 2.99. The van der Waals surface area contributed by atoms with Gasteiger partial charge in [-0.25, -0.2) is 0 Å². The summed E-state index contributed by atoms with van der Waals surface area (Å²) >= 11 is 0. The first-order valence-electron chi connectivity index (χ1n) is 8.27. The molecule has 0 aliphatic heterocycles. The highest BCUT2D eigenvalue weighted by Crippen LogP contribution is 2.25. The fourth-order valence-corrected chi connectivity index (χ4v) is 2.86. The highest BCUT2D eigenvalue weighted by Gasteiger charge is 2.18. The number of carbonyl (C=O) groups excluding carboxylic acids is 1. The molecule has 1 atom stereocenters. The first kappa shape index (κ1) is 16.1. The summed E-state index contributed by atoms with van der Waals surface area (Å²) in [5, 5.41) is 6.16. The summed E-state index contributed by atoms with van der Waals surface area (Å²) in [6.07, 6.45) is 14.9. The van der Waals surface area contributed by atoms with E-state index in [0.717, 1.165) is 31.6 Å². The zero-order chi connectivity index (χ0) is 14.9. The van der Waals surface area contributed by atoms with Gasteiger partial charge in [-0.3, -0.25) is 4.79 Å². The molecule has 0 aromatic carbocycles. The summed E-state index contributed by atoms with van der Waals surface area (Å²) in [4.78, 5) is 11.8. The highest BCUT2D eigenvalue weighted by atomic mass is 16.5. The third kappa shape index (κ3) is 5.92. The van der Waals surface area contributed by atoms with E-state index in [1.165, 1.54) is 25.7 Å². The number of nitrogens with one attached hydrogen (secondary N) is 2. The van der Waals surface area contributed by atoms with Crippen LogP contribution in [0.15, 0.2) is 24.0 Å². The fourth-order valence-electron chi connectivity index (χ4n) is 2.86. The van der Waals surface area contributed by atoms with E-state index in [9.17, 15) is 4.79 Å². The monoisotopic (exact) mass is 292 g/mol. The van der Waals surface area contributed by atoms with Crippen LogP contribution in [0.2, 0.25) is 0 Å². The Bertz CT molecular complexity index is 384. The molecular weight excluding hydrogens is 264 g/mol. The van der Waals surface area contributed by atoms with Crippen molar-refractivity contribution >= 4 is 5.91 Å². The molecule has 0 aromatic heterocycles. The zero-order valence-corrected chi connectivity index (χ0v) is 13.1. The van der Waals surface area contributed by atoms with Crippen molar-refractivity contribution in [3.8, 4) is 0 Å². The highest BCUT2D eigenvalue weighted by molar-refractivity contribution is 5.76. The van der Waals surface area contributed by atoms with Gasteiger partial charge in [-0.15, -0.1) is 0 Å². The second-order valence-electron chi connectivity index (χ2n) is 5.96. The van der Waals surface area contributed by atoms with Crippen molar-refractivity contribution in [3.63, 3.8) is 0 Å². The lowest BCUT2D eigenvalue weighted by Crippen LogP contribution is -2.34. The summed E-state index contributed by atoms with van der Waals surface area (Å²) in [5.74, 6) is 1.12. The molecular formula is C17H28N2O2. The van der Waals surface area contributed by atoms with Gasteiger partial charge in [-0.2, -0.15) is 0 Å². The third-order valence-corrected chi connectivity index (χ3v) is 4.10. The predicted octanol–water partition coefficient (Wildman–Crippen LogP) is 2.66. The number of hydrogen-bond acceptors (Lipinski definition) is 3. The summed E-state index contributed by atoms with van der Waals surface area (Å²) in [5.41, 5.74) is 0. The molecule has 0 radical (unpaired) electrons. The van der Waals surface area contributed by atoms with Gasteiger partial charge >= 0.3 is 0 Å². The number of ether oxygens (including phenoxy) is 1. The smallest absolute Gasteiger partial charge is 0.220 e. The van der Waals surface area contributed by atoms with Gasteiger partial charge in [0.2, 0.25) is 5.91 Å². The maximum absolute atomic E-state index is 11.8. The van der Waals surface area contributed by atoms with Crippen molar-refractivity contribution in [2.45, 2.75) is 63.5 Å². The molecule has 2 aliphatic rings. The lowest BCUT2D eigenvalue weighted by atomic mass is 10.1. The molecule has 1 unspecified atom stereocenters.